The van der Waals surface area contributed by atoms with Gasteiger partial charge in [0, 0.05) is 5.69 Å². The summed E-state index contributed by atoms with van der Waals surface area (Å²) in [5.41, 5.74) is 0.716. The highest BCUT2D eigenvalue weighted by Crippen LogP contribution is 2.30. The summed E-state index contributed by atoms with van der Waals surface area (Å²) in [4.78, 5) is 29.7. The first-order chi connectivity index (χ1) is 16.2. The van der Waals surface area contributed by atoms with Gasteiger partial charge in [-0.1, -0.05) is 41.9 Å². The molecule has 0 atom stereocenters. The van der Waals surface area contributed by atoms with Crippen LogP contribution >= 0.6 is 11.6 Å². The zero-order valence-corrected chi connectivity index (χ0v) is 18.3. The van der Waals surface area contributed by atoms with E-state index in [-0.39, 0.29) is 18.8 Å². The molecule has 2 N–H and O–H groups in total. The molecule has 34 heavy (non-hydrogen) atoms. The Balaban J connectivity index is 1.54. The predicted octanol–water partition coefficient (Wildman–Crippen LogP) is 5.28. The minimum absolute atomic E-state index is 0.00950. The Hall–Kier alpha value is -3.85. The number of para-hydroxylation sites is 2. The molecule has 10 heteroatoms. The molecule has 0 bridgehead atoms. The number of anilines is 1. The number of nitrogens with zero attached hydrogens (tertiary/aromatic N) is 2. The van der Waals surface area contributed by atoms with E-state index in [1.165, 1.54) is 12.1 Å². The van der Waals surface area contributed by atoms with Gasteiger partial charge < -0.3 is 15.2 Å². The van der Waals surface area contributed by atoms with E-state index in [2.05, 4.69) is 15.6 Å². The van der Waals surface area contributed by atoms with Crippen LogP contribution in [0.1, 0.15) is 21.7 Å². The second-order valence-electron chi connectivity index (χ2n) is 7.39. The molecule has 4 rings (SSSR count). The first-order valence-corrected chi connectivity index (χ1v) is 10.5. The SMILES string of the molecule is O=C(Cn1c(CNC(=O)c2ccccc2Cl)nc2ccccc21)Nc1cccc(C(F)(F)F)c1. The highest BCUT2D eigenvalue weighted by Gasteiger charge is 2.30. The number of carbonyl (C=O) groups is 2. The number of hydrogen-bond acceptors (Lipinski definition) is 3. The number of nitrogens with one attached hydrogen (secondary N) is 2. The molecule has 0 aliphatic carbocycles. The van der Waals surface area contributed by atoms with E-state index < -0.39 is 23.6 Å². The number of imidazole rings is 1. The van der Waals surface area contributed by atoms with E-state index in [1.807, 2.05) is 0 Å². The van der Waals surface area contributed by atoms with Gasteiger partial charge in [0.1, 0.15) is 12.4 Å². The summed E-state index contributed by atoms with van der Waals surface area (Å²) >= 11 is 6.08. The Kier molecular flexibility index (Phi) is 6.56. The van der Waals surface area contributed by atoms with Gasteiger partial charge in [-0.3, -0.25) is 9.59 Å². The normalized spacial score (nSPS) is 11.4. The van der Waals surface area contributed by atoms with Gasteiger partial charge in [0.05, 0.1) is 33.7 Å². The molecule has 0 unspecified atom stereocenters. The van der Waals surface area contributed by atoms with Gasteiger partial charge in [0.2, 0.25) is 5.91 Å². The van der Waals surface area contributed by atoms with E-state index in [4.69, 9.17) is 11.6 Å². The average Bonchev–Trinajstić information content (AvgIpc) is 3.14. The lowest BCUT2D eigenvalue weighted by atomic mass is 10.2. The van der Waals surface area contributed by atoms with Gasteiger partial charge in [0.25, 0.3) is 5.91 Å². The van der Waals surface area contributed by atoms with Crippen molar-refractivity contribution in [2.75, 3.05) is 5.32 Å². The maximum Gasteiger partial charge on any atom is 0.416 e. The molecule has 0 saturated heterocycles. The summed E-state index contributed by atoms with van der Waals surface area (Å²) < 4.78 is 40.5. The van der Waals surface area contributed by atoms with Crippen LogP contribution in [0.15, 0.2) is 72.8 Å². The number of carbonyl (C=O) groups excluding carboxylic acids is 2. The Morgan fingerprint density at radius 2 is 1.71 bits per heavy atom. The zero-order valence-electron chi connectivity index (χ0n) is 17.6. The first kappa shape index (κ1) is 23.3. The molecular formula is C24H18ClF3N4O2. The minimum atomic E-state index is -4.52. The van der Waals surface area contributed by atoms with Crippen molar-refractivity contribution in [2.45, 2.75) is 19.3 Å². The molecule has 1 aromatic heterocycles. The monoisotopic (exact) mass is 486 g/mol. The third-order valence-electron chi connectivity index (χ3n) is 5.03. The molecular weight excluding hydrogens is 469 g/mol. The molecule has 6 nitrogen and oxygen atoms in total. The third-order valence-corrected chi connectivity index (χ3v) is 5.36. The van der Waals surface area contributed by atoms with Crippen LogP contribution in [0.4, 0.5) is 18.9 Å². The van der Waals surface area contributed by atoms with Crippen molar-refractivity contribution in [2.24, 2.45) is 0 Å². The van der Waals surface area contributed by atoms with Crippen LogP contribution in [0.3, 0.4) is 0 Å². The summed E-state index contributed by atoms with van der Waals surface area (Å²) in [6, 6.07) is 18.1. The number of alkyl halides is 3. The average molecular weight is 487 g/mol. The van der Waals surface area contributed by atoms with Gasteiger partial charge in [0.15, 0.2) is 0 Å². The van der Waals surface area contributed by atoms with Crippen LogP contribution in [-0.4, -0.2) is 21.4 Å². The largest absolute Gasteiger partial charge is 0.416 e. The Morgan fingerprint density at radius 3 is 2.47 bits per heavy atom. The maximum absolute atomic E-state index is 13.0. The Morgan fingerprint density at radius 1 is 0.971 bits per heavy atom. The molecule has 3 aromatic carbocycles. The van der Waals surface area contributed by atoms with Crippen LogP contribution in [0.25, 0.3) is 11.0 Å². The summed E-state index contributed by atoms with van der Waals surface area (Å²) in [5.74, 6) is -0.542. The lowest BCUT2D eigenvalue weighted by Gasteiger charge is -2.12. The minimum Gasteiger partial charge on any atom is -0.345 e. The van der Waals surface area contributed by atoms with Crippen LogP contribution < -0.4 is 10.6 Å². The van der Waals surface area contributed by atoms with E-state index >= 15 is 0 Å². The molecule has 0 spiro atoms. The highest BCUT2D eigenvalue weighted by atomic mass is 35.5. The molecule has 4 aromatic rings. The van der Waals surface area contributed by atoms with Crippen molar-refractivity contribution < 1.29 is 22.8 Å². The zero-order chi connectivity index (χ0) is 24.3. The number of halogens is 4. The van der Waals surface area contributed by atoms with Crippen LogP contribution in [-0.2, 0) is 24.1 Å². The number of amides is 2. The van der Waals surface area contributed by atoms with E-state index in [0.29, 0.717) is 27.4 Å². The summed E-state index contributed by atoms with van der Waals surface area (Å²) in [7, 11) is 0. The number of fused-ring (bicyclic) bond motifs is 1. The van der Waals surface area contributed by atoms with Gasteiger partial charge in [-0.2, -0.15) is 13.2 Å². The van der Waals surface area contributed by atoms with Crippen molar-refractivity contribution >= 4 is 40.1 Å². The molecule has 174 valence electrons. The van der Waals surface area contributed by atoms with Crippen LogP contribution in [0, 0.1) is 0 Å². The van der Waals surface area contributed by atoms with Gasteiger partial charge >= 0.3 is 6.18 Å². The maximum atomic E-state index is 13.0. The van der Waals surface area contributed by atoms with Crippen LogP contribution in [0.2, 0.25) is 5.02 Å². The number of aromatic nitrogens is 2. The van der Waals surface area contributed by atoms with Crippen molar-refractivity contribution in [3.8, 4) is 0 Å². The predicted molar refractivity (Wildman–Crippen MR) is 122 cm³/mol. The quantitative estimate of drug-likeness (QED) is 0.389. The fourth-order valence-corrected chi connectivity index (χ4v) is 3.68. The van der Waals surface area contributed by atoms with Gasteiger partial charge in [-0.15, -0.1) is 0 Å². The lowest BCUT2D eigenvalue weighted by Crippen LogP contribution is -2.27. The molecule has 2 amide bonds. The smallest absolute Gasteiger partial charge is 0.345 e. The number of rotatable bonds is 6. The van der Waals surface area contributed by atoms with Crippen molar-refractivity contribution in [1.82, 2.24) is 14.9 Å². The van der Waals surface area contributed by atoms with E-state index in [9.17, 15) is 22.8 Å². The van der Waals surface area contributed by atoms with Crippen molar-refractivity contribution in [1.29, 1.82) is 0 Å². The van der Waals surface area contributed by atoms with Gasteiger partial charge in [-0.25, -0.2) is 4.98 Å². The molecule has 0 fully saturated rings. The lowest BCUT2D eigenvalue weighted by molar-refractivity contribution is -0.137. The second-order valence-corrected chi connectivity index (χ2v) is 7.80. The van der Waals surface area contributed by atoms with E-state index in [1.54, 1.807) is 53.1 Å². The fourth-order valence-electron chi connectivity index (χ4n) is 3.45. The van der Waals surface area contributed by atoms with Crippen molar-refractivity contribution in [3.63, 3.8) is 0 Å². The number of hydrogen-bond donors (Lipinski definition) is 2. The third kappa shape index (κ3) is 5.20. The molecule has 0 aliphatic rings. The summed E-state index contributed by atoms with van der Waals surface area (Å²) in [6.07, 6.45) is -4.52. The standard InChI is InChI=1S/C24H18ClF3N4O2/c25-18-9-2-1-8-17(18)23(34)29-13-21-31-19-10-3-4-11-20(19)32(21)14-22(33)30-16-7-5-6-15(12-16)24(26,27)28/h1-12H,13-14H2,(H,29,34)(H,30,33). The molecule has 1 heterocycles. The Bertz CT molecular complexity index is 1370. The Labute approximate surface area is 197 Å². The highest BCUT2D eigenvalue weighted by molar-refractivity contribution is 6.33. The molecule has 0 aliphatic heterocycles. The number of benzene rings is 3. The molecule has 0 saturated carbocycles. The van der Waals surface area contributed by atoms with Crippen molar-refractivity contribution in [3.05, 3.63) is 94.8 Å². The summed E-state index contributed by atoms with van der Waals surface area (Å²) in [6.45, 7) is -0.205. The van der Waals surface area contributed by atoms with Crippen LogP contribution in [0.5, 0.6) is 0 Å². The molecule has 0 radical (unpaired) electrons. The first-order valence-electron chi connectivity index (χ1n) is 10.2. The topological polar surface area (TPSA) is 76.0 Å². The van der Waals surface area contributed by atoms with Gasteiger partial charge in [-0.05, 0) is 42.5 Å². The fraction of sp³-hybridized carbons (Fsp3) is 0.125. The second kappa shape index (κ2) is 9.56. The van der Waals surface area contributed by atoms with E-state index in [0.717, 1.165) is 12.1 Å². The summed E-state index contributed by atoms with van der Waals surface area (Å²) in [5, 5.41) is 5.53.